The van der Waals surface area contributed by atoms with Gasteiger partial charge in [0.25, 0.3) is 0 Å². The Morgan fingerprint density at radius 1 is 0.354 bits per heavy atom. The molecule has 1 saturated carbocycles. The second-order valence-corrected chi connectivity index (χ2v) is 9.25. The van der Waals surface area contributed by atoms with E-state index in [-0.39, 0.29) is 0 Å². The van der Waals surface area contributed by atoms with Crippen LogP contribution in [0.5, 0.6) is 0 Å². The maximum Gasteiger partial charge on any atom is 0.180 e. The van der Waals surface area contributed by atoms with E-state index in [0.29, 0.717) is 6.92 Å². The Morgan fingerprint density at radius 2 is 0.583 bits per heavy atom. The van der Waals surface area contributed by atoms with Crippen LogP contribution in [0.25, 0.3) is 16.7 Å². The minimum atomic E-state index is -2.46. The SMILES string of the molecule is Cc1c(F)c(C#N)c(F)c(F)c1C(C#N)=C1C(=C(/C#N)c2c(F)c(F)c(C#N)c(F)c2F)/C1=C(/C#N)c1c(F)c(F)c(C#N)c(F)c1F. The van der Waals surface area contributed by atoms with Gasteiger partial charge in [0.05, 0.1) is 27.8 Å². The van der Waals surface area contributed by atoms with Gasteiger partial charge in [-0.25, -0.2) is 48.3 Å². The zero-order valence-electron chi connectivity index (χ0n) is 22.8. The monoisotopic (exact) mass is 668 g/mol. The maximum absolute atomic E-state index is 15.3. The summed E-state index contributed by atoms with van der Waals surface area (Å²) in [5.74, 6) is -25.5. The number of benzene rings is 3. The molecule has 4 rings (SSSR count). The number of hydrogen-bond donors (Lipinski definition) is 0. The fourth-order valence-electron chi connectivity index (χ4n) is 4.72. The Bertz CT molecular complexity index is 2060. The average Bonchev–Trinajstić information content (AvgIpc) is 3.78. The quantitative estimate of drug-likeness (QED) is 0.162. The first-order valence-corrected chi connectivity index (χ1v) is 12.2. The zero-order valence-corrected chi connectivity index (χ0v) is 22.8. The van der Waals surface area contributed by atoms with Crippen molar-refractivity contribution in [1.29, 1.82) is 31.6 Å². The second-order valence-electron chi connectivity index (χ2n) is 9.25. The van der Waals surface area contributed by atoms with E-state index in [0.717, 1.165) is 30.3 Å². The van der Waals surface area contributed by atoms with Crippen LogP contribution in [0.4, 0.5) is 48.3 Å². The highest BCUT2D eigenvalue weighted by atomic mass is 19.2. The van der Waals surface area contributed by atoms with Gasteiger partial charge in [0.2, 0.25) is 0 Å². The topological polar surface area (TPSA) is 143 Å². The van der Waals surface area contributed by atoms with E-state index in [1.54, 1.807) is 0 Å². The van der Waals surface area contributed by atoms with Gasteiger partial charge in [-0.2, -0.15) is 31.6 Å². The molecule has 48 heavy (non-hydrogen) atoms. The smallest absolute Gasteiger partial charge is 0.180 e. The van der Waals surface area contributed by atoms with E-state index in [1.807, 2.05) is 0 Å². The molecule has 0 unspecified atom stereocenters. The second kappa shape index (κ2) is 12.1. The molecular formula is C31H3F11N6. The predicted molar refractivity (Wildman–Crippen MR) is 135 cm³/mol. The van der Waals surface area contributed by atoms with Gasteiger partial charge in [-0.1, -0.05) is 0 Å². The number of allylic oxidation sites excluding steroid dienone is 6. The molecule has 0 atom stereocenters. The van der Waals surface area contributed by atoms with Crippen LogP contribution >= 0.6 is 0 Å². The first-order valence-electron chi connectivity index (χ1n) is 12.2. The third-order valence-corrected chi connectivity index (χ3v) is 6.94. The molecule has 0 radical (unpaired) electrons. The highest BCUT2D eigenvalue weighted by Gasteiger charge is 2.46. The van der Waals surface area contributed by atoms with Crippen LogP contribution in [-0.4, -0.2) is 0 Å². The van der Waals surface area contributed by atoms with E-state index in [1.165, 1.54) is 6.07 Å². The predicted octanol–water partition coefficient (Wildman–Crippen LogP) is 7.39. The van der Waals surface area contributed by atoms with Gasteiger partial charge < -0.3 is 0 Å². The molecule has 17 heteroatoms. The van der Waals surface area contributed by atoms with Crippen molar-refractivity contribution in [2.24, 2.45) is 0 Å². The van der Waals surface area contributed by atoms with Crippen molar-refractivity contribution in [2.75, 3.05) is 0 Å². The van der Waals surface area contributed by atoms with Crippen molar-refractivity contribution >= 4 is 16.7 Å². The van der Waals surface area contributed by atoms with Gasteiger partial charge in [0.1, 0.15) is 58.9 Å². The zero-order chi connectivity index (χ0) is 36.1. The number of nitriles is 6. The van der Waals surface area contributed by atoms with E-state index in [2.05, 4.69) is 0 Å². The lowest BCUT2D eigenvalue weighted by molar-refractivity contribution is 0.446. The summed E-state index contributed by atoms with van der Waals surface area (Å²) in [7, 11) is 0. The third kappa shape index (κ3) is 4.58. The van der Waals surface area contributed by atoms with Crippen LogP contribution in [0.2, 0.25) is 0 Å². The van der Waals surface area contributed by atoms with Crippen LogP contribution in [0.15, 0.2) is 16.7 Å². The van der Waals surface area contributed by atoms with Gasteiger partial charge in [-0.05, 0) is 12.5 Å². The molecule has 3 aromatic rings. The molecule has 1 aliphatic carbocycles. The Labute approximate surface area is 259 Å². The minimum absolute atomic E-state index is 0.674. The maximum atomic E-state index is 15.3. The molecule has 6 nitrogen and oxygen atoms in total. The fraction of sp³-hybridized carbons (Fsp3) is 0.0323. The molecule has 0 aliphatic heterocycles. The van der Waals surface area contributed by atoms with Crippen LogP contribution in [0.1, 0.15) is 38.9 Å². The largest absolute Gasteiger partial charge is 0.205 e. The molecule has 0 heterocycles. The Balaban J connectivity index is 2.38. The molecule has 3 aromatic carbocycles. The van der Waals surface area contributed by atoms with Crippen molar-refractivity contribution in [1.82, 2.24) is 0 Å². The number of nitrogens with zero attached hydrogens (tertiary/aromatic N) is 6. The van der Waals surface area contributed by atoms with Crippen molar-refractivity contribution in [2.45, 2.75) is 6.92 Å². The summed E-state index contributed by atoms with van der Waals surface area (Å²) in [5, 5.41) is 56.4. The standard InChI is InChI=1S/C31H3F11N6/c1-8-15(27(38)22(33)12(5-46)21(8)32)9(2-43)16-17(10(3-44)19-28(39)23(34)13(6-47)24(35)29(19)40)18(16)11(4-45)20-30(41)25(36)14(7-48)26(37)31(20)42/h1H3/b16-9?,17-10-,18-11+. The summed E-state index contributed by atoms with van der Waals surface area (Å²) in [5.41, 5.74) is -20.0. The number of hydrogen-bond acceptors (Lipinski definition) is 6. The molecule has 0 N–H and O–H groups in total. The van der Waals surface area contributed by atoms with Crippen molar-refractivity contribution < 1.29 is 48.3 Å². The van der Waals surface area contributed by atoms with E-state index in [4.69, 9.17) is 15.8 Å². The van der Waals surface area contributed by atoms with Gasteiger partial charge >= 0.3 is 0 Å². The van der Waals surface area contributed by atoms with Gasteiger partial charge in [-0.3, -0.25) is 0 Å². The van der Waals surface area contributed by atoms with Gasteiger partial charge in [-0.15, -0.1) is 0 Å². The highest BCUT2D eigenvalue weighted by Crippen LogP contribution is 2.57. The van der Waals surface area contributed by atoms with Crippen molar-refractivity contribution in [3.05, 3.63) is 120 Å². The first-order chi connectivity index (χ1) is 22.6. The molecular weight excluding hydrogens is 665 g/mol. The molecule has 0 spiro atoms. The third-order valence-electron chi connectivity index (χ3n) is 6.94. The minimum Gasteiger partial charge on any atom is -0.205 e. The lowest BCUT2D eigenvalue weighted by Crippen LogP contribution is -2.06. The lowest BCUT2D eigenvalue weighted by atomic mass is 9.95. The van der Waals surface area contributed by atoms with E-state index < -0.39 is 136 Å². The Morgan fingerprint density at radius 3 is 0.833 bits per heavy atom. The summed E-state index contributed by atoms with van der Waals surface area (Å²) in [4.78, 5) is 0. The molecule has 1 aliphatic rings. The van der Waals surface area contributed by atoms with E-state index >= 15 is 22.0 Å². The summed E-state index contributed by atoms with van der Waals surface area (Å²) < 4.78 is 163. The summed E-state index contributed by atoms with van der Waals surface area (Å²) >= 11 is 0. The van der Waals surface area contributed by atoms with Crippen molar-refractivity contribution in [3.8, 4) is 36.4 Å². The molecule has 0 amide bonds. The van der Waals surface area contributed by atoms with Crippen LogP contribution in [0.3, 0.4) is 0 Å². The first kappa shape index (κ1) is 33.9. The molecule has 0 bridgehead atoms. The average molecular weight is 668 g/mol. The lowest BCUT2D eigenvalue weighted by Gasteiger charge is -2.10. The molecule has 0 aromatic heterocycles. The summed E-state index contributed by atoms with van der Waals surface area (Å²) in [6.07, 6.45) is 0. The van der Waals surface area contributed by atoms with Crippen LogP contribution < -0.4 is 0 Å². The molecule has 0 saturated heterocycles. The van der Waals surface area contributed by atoms with Gasteiger partial charge in [0.15, 0.2) is 58.2 Å². The van der Waals surface area contributed by atoms with Gasteiger partial charge in [0, 0.05) is 22.3 Å². The normalized spacial score (nSPS) is 14.9. The van der Waals surface area contributed by atoms with Crippen LogP contribution in [-0.2, 0) is 0 Å². The molecule has 234 valence electrons. The van der Waals surface area contributed by atoms with Crippen LogP contribution in [0, 0.1) is 139 Å². The van der Waals surface area contributed by atoms with E-state index in [9.17, 15) is 42.1 Å². The Kier molecular flexibility index (Phi) is 8.55. The summed E-state index contributed by atoms with van der Waals surface area (Å²) in [6.45, 7) is 0.674. The van der Waals surface area contributed by atoms with Crippen molar-refractivity contribution in [3.63, 3.8) is 0 Å². The Hall–Kier alpha value is -6.95. The highest BCUT2D eigenvalue weighted by molar-refractivity contribution is 6.12. The fourth-order valence-corrected chi connectivity index (χ4v) is 4.72. The molecule has 1 fully saturated rings. The number of rotatable bonds is 3. The number of halogens is 11. The summed E-state index contributed by atoms with van der Waals surface area (Å²) in [6, 6.07) is 5.91.